The van der Waals surface area contributed by atoms with Crippen molar-refractivity contribution in [3.05, 3.63) is 35.3 Å². The van der Waals surface area contributed by atoms with Crippen LogP contribution in [0.4, 0.5) is 19.0 Å². The van der Waals surface area contributed by atoms with Crippen LogP contribution in [-0.2, 0) is 12.6 Å². The van der Waals surface area contributed by atoms with E-state index in [1.165, 1.54) is 13.2 Å². The van der Waals surface area contributed by atoms with E-state index < -0.39 is 11.7 Å². The fourth-order valence-electron chi connectivity index (χ4n) is 1.34. The van der Waals surface area contributed by atoms with E-state index >= 15 is 0 Å². The summed E-state index contributed by atoms with van der Waals surface area (Å²) >= 11 is 0. The highest BCUT2D eigenvalue weighted by Crippen LogP contribution is 2.31. The van der Waals surface area contributed by atoms with E-state index in [-0.39, 0.29) is 23.6 Å². The molecule has 0 bridgehead atoms. The minimum atomic E-state index is -4.42. The van der Waals surface area contributed by atoms with Crippen molar-refractivity contribution in [2.24, 2.45) is 11.6 Å². The number of nitrogens with one attached hydrogen (secondary N) is 2. The molecule has 0 saturated carbocycles. The Kier molecular flexibility index (Phi) is 4.38. The van der Waals surface area contributed by atoms with Crippen molar-refractivity contribution in [1.29, 1.82) is 0 Å². The molecule has 1 aromatic heterocycles. The van der Waals surface area contributed by atoms with Crippen LogP contribution in [0.3, 0.4) is 0 Å². The molecule has 0 aromatic carbocycles. The maximum absolute atomic E-state index is 12.6. The quantitative estimate of drug-likeness (QED) is 0.478. The first-order valence-electron chi connectivity index (χ1n) is 5.03. The van der Waals surface area contributed by atoms with Gasteiger partial charge >= 0.3 is 6.18 Å². The Balaban J connectivity index is 3.09. The molecule has 6 N–H and O–H groups in total. The van der Waals surface area contributed by atoms with Crippen LogP contribution in [0.5, 0.6) is 0 Å². The van der Waals surface area contributed by atoms with Crippen molar-refractivity contribution in [2.45, 2.75) is 12.6 Å². The van der Waals surface area contributed by atoms with Gasteiger partial charge in [0.2, 0.25) is 0 Å². The average Bonchev–Trinajstić information content (AvgIpc) is 2.27. The van der Waals surface area contributed by atoms with Gasteiger partial charge in [-0.15, -0.1) is 0 Å². The third-order valence-corrected chi connectivity index (χ3v) is 2.12. The lowest BCUT2D eigenvalue weighted by atomic mass is 10.1. The van der Waals surface area contributed by atoms with Gasteiger partial charge in [0.25, 0.3) is 0 Å². The molecule has 0 saturated heterocycles. The minimum Gasteiger partial charge on any atom is -0.401 e. The van der Waals surface area contributed by atoms with Gasteiger partial charge in [-0.05, 0) is 12.1 Å². The number of alkyl halides is 3. The summed E-state index contributed by atoms with van der Waals surface area (Å²) in [6, 6.07) is 1.89. The fourth-order valence-corrected chi connectivity index (χ4v) is 1.34. The Hall–Kier alpha value is -1.96. The Morgan fingerprint density at radius 1 is 1.44 bits per heavy atom. The van der Waals surface area contributed by atoms with E-state index in [2.05, 4.69) is 15.7 Å². The summed E-state index contributed by atoms with van der Waals surface area (Å²) in [5.41, 5.74) is 7.47. The van der Waals surface area contributed by atoms with E-state index in [0.717, 1.165) is 12.1 Å². The minimum absolute atomic E-state index is 0.0722. The summed E-state index contributed by atoms with van der Waals surface area (Å²) in [6.45, 7) is 0. The molecule has 1 rings (SSSR count). The molecular weight excluding hydrogens is 247 g/mol. The van der Waals surface area contributed by atoms with Crippen molar-refractivity contribution in [3.63, 3.8) is 0 Å². The topological polar surface area (TPSA) is 89.0 Å². The van der Waals surface area contributed by atoms with E-state index in [1.54, 1.807) is 0 Å². The molecule has 0 atom stereocenters. The van der Waals surface area contributed by atoms with Gasteiger partial charge in [0.15, 0.2) is 0 Å². The zero-order valence-corrected chi connectivity index (χ0v) is 9.67. The number of allylic oxidation sites excluding steroid dienone is 1. The third kappa shape index (κ3) is 3.81. The van der Waals surface area contributed by atoms with Crippen molar-refractivity contribution < 1.29 is 13.2 Å². The number of nitrogens with zero attached hydrogens (tertiary/aromatic N) is 1. The van der Waals surface area contributed by atoms with Gasteiger partial charge in [-0.1, -0.05) is 0 Å². The summed E-state index contributed by atoms with van der Waals surface area (Å²) in [4.78, 5) is 3.99. The van der Waals surface area contributed by atoms with E-state index in [0.29, 0.717) is 0 Å². The average molecular weight is 261 g/mol. The lowest BCUT2D eigenvalue weighted by Gasteiger charge is -2.11. The maximum Gasteiger partial charge on any atom is 0.416 e. The molecule has 0 aliphatic heterocycles. The van der Waals surface area contributed by atoms with E-state index in [1.807, 2.05) is 0 Å². The predicted molar refractivity (Wildman–Crippen MR) is 62.1 cm³/mol. The van der Waals surface area contributed by atoms with E-state index in [9.17, 15) is 13.2 Å². The first kappa shape index (κ1) is 14.1. The molecular formula is C10H14F3N5. The standard InChI is InChI=1S/C10H14F3N5/c1-16-9-3-6(10(11,12)13)2-8(18-9)4-7(14)5-17-15/h2-3,5,17H,4,14-15H2,1H3,(H,16,18)/b7-5-. The van der Waals surface area contributed by atoms with Crippen molar-refractivity contribution in [3.8, 4) is 0 Å². The molecule has 1 aromatic rings. The number of hydrogen-bond acceptors (Lipinski definition) is 5. The van der Waals surface area contributed by atoms with Gasteiger partial charge < -0.3 is 16.5 Å². The summed E-state index contributed by atoms with van der Waals surface area (Å²) in [7, 11) is 1.49. The molecule has 0 aliphatic carbocycles. The highest BCUT2D eigenvalue weighted by atomic mass is 19.4. The van der Waals surface area contributed by atoms with Crippen LogP contribution in [-0.4, -0.2) is 12.0 Å². The molecule has 0 fully saturated rings. The smallest absolute Gasteiger partial charge is 0.401 e. The summed E-state index contributed by atoms with van der Waals surface area (Å²) in [5, 5.41) is 2.57. The number of halogens is 3. The van der Waals surface area contributed by atoms with Crippen LogP contribution in [0.15, 0.2) is 24.0 Å². The van der Waals surface area contributed by atoms with Gasteiger partial charge in [-0.25, -0.2) is 4.98 Å². The lowest BCUT2D eigenvalue weighted by molar-refractivity contribution is -0.137. The number of hydrogen-bond donors (Lipinski definition) is 4. The van der Waals surface area contributed by atoms with Crippen molar-refractivity contribution in [2.75, 3.05) is 12.4 Å². The monoisotopic (exact) mass is 261 g/mol. The van der Waals surface area contributed by atoms with Crippen LogP contribution in [0.1, 0.15) is 11.3 Å². The number of aromatic nitrogens is 1. The number of anilines is 1. The predicted octanol–water partition coefficient (Wildman–Crippen LogP) is 0.948. The first-order valence-corrected chi connectivity index (χ1v) is 5.03. The van der Waals surface area contributed by atoms with Gasteiger partial charge in [-0.3, -0.25) is 5.84 Å². The number of hydrazine groups is 1. The fraction of sp³-hybridized carbons (Fsp3) is 0.300. The number of nitrogens with two attached hydrogens (primary N) is 2. The Morgan fingerprint density at radius 2 is 2.11 bits per heavy atom. The molecule has 0 spiro atoms. The number of rotatable bonds is 4. The third-order valence-electron chi connectivity index (χ3n) is 2.12. The van der Waals surface area contributed by atoms with Crippen LogP contribution >= 0.6 is 0 Å². The van der Waals surface area contributed by atoms with Crippen molar-refractivity contribution >= 4 is 5.82 Å². The molecule has 18 heavy (non-hydrogen) atoms. The first-order chi connectivity index (χ1) is 8.36. The van der Waals surface area contributed by atoms with Gasteiger partial charge in [0.1, 0.15) is 5.82 Å². The molecule has 5 nitrogen and oxygen atoms in total. The highest BCUT2D eigenvalue weighted by molar-refractivity contribution is 5.40. The zero-order valence-electron chi connectivity index (χ0n) is 9.67. The second kappa shape index (κ2) is 5.58. The molecule has 0 unspecified atom stereocenters. The molecule has 0 radical (unpaired) electrons. The lowest BCUT2D eigenvalue weighted by Crippen LogP contribution is -2.18. The second-order valence-electron chi connectivity index (χ2n) is 3.54. The van der Waals surface area contributed by atoms with Crippen LogP contribution in [0.2, 0.25) is 0 Å². The van der Waals surface area contributed by atoms with Gasteiger partial charge in [0.05, 0.1) is 5.56 Å². The Morgan fingerprint density at radius 3 is 2.61 bits per heavy atom. The molecule has 100 valence electrons. The highest BCUT2D eigenvalue weighted by Gasteiger charge is 2.31. The number of pyridine rings is 1. The summed E-state index contributed by atoms with van der Waals surface area (Å²) < 4.78 is 37.9. The van der Waals surface area contributed by atoms with E-state index in [4.69, 9.17) is 11.6 Å². The SMILES string of the molecule is CNc1cc(C(F)(F)F)cc(C/C(N)=C/NN)n1. The summed E-state index contributed by atoms with van der Waals surface area (Å²) in [5.74, 6) is 5.15. The normalized spacial score (nSPS) is 12.4. The van der Waals surface area contributed by atoms with Gasteiger partial charge in [-0.2, -0.15) is 13.2 Å². The van der Waals surface area contributed by atoms with Gasteiger partial charge in [0, 0.05) is 31.1 Å². The van der Waals surface area contributed by atoms with Crippen LogP contribution in [0, 0.1) is 0 Å². The largest absolute Gasteiger partial charge is 0.416 e. The van der Waals surface area contributed by atoms with Crippen molar-refractivity contribution in [1.82, 2.24) is 10.4 Å². The summed E-state index contributed by atoms with van der Waals surface area (Å²) in [6.07, 6.45) is -3.06. The Labute approximate surface area is 102 Å². The zero-order chi connectivity index (χ0) is 13.8. The van der Waals surface area contributed by atoms with Crippen LogP contribution < -0.4 is 22.3 Å². The van der Waals surface area contributed by atoms with Crippen LogP contribution in [0.25, 0.3) is 0 Å². The maximum atomic E-state index is 12.6. The second-order valence-corrected chi connectivity index (χ2v) is 3.54. The Bertz CT molecular complexity index is 442. The molecule has 1 heterocycles. The molecule has 0 aliphatic rings. The molecule has 8 heteroatoms. The molecule has 0 amide bonds.